The first-order valence-corrected chi connectivity index (χ1v) is 9.48. The predicted molar refractivity (Wildman–Crippen MR) is 95.9 cm³/mol. The summed E-state index contributed by atoms with van der Waals surface area (Å²) in [6.07, 6.45) is 0. The average molecular weight is 385 g/mol. The first-order valence-electron chi connectivity index (χ1n) is 7.66. The number of benzene rings is 2. The van der Waals surface area contributed by atoms with Gasteiger partial charge >= 0.3 is 0 Å². The van der Waals surface area contributed by atoms with Crippen LogP contribution in [-0.4, -0.2) is 31.7 Å². The number of nitrogens with zero attached hydrogens (tertiary/aromatic N) is 1. The molecule has 0 atom stereocenters. The van der Waals surface area contributed by atoms with Crippen molar-refractivity contribution in [2.45, 2.75) is 18.7 Å². The summed E-state index contributed by atoms with van der Waals surface area (Å²) in [5.74, 6) is -1.45. The minimum absolute atomic E-state index is 0.0344. The summed E-state index contributed by atoms with van der Waals surface area (Å²) in [5, 5.41) is 3.05. The lowest BCUT2D eigenvalue weighted by Gasteiger charge is -2.19. The maximum atomic E-state index is 14.1. The highest BCUT2D eigenvalue weighted by molar-refractivity contribution is 7.89. The molecular weight excluding hydrogens is 367 g/mol. The van der Waals surface area contributed by atoms with Gasteiger partial charge in [0.1, 0.15) is 10.7 Å². The van der Waals surface area contributed by atoms with Crippen molar-refractivity contribution in [2.24, 2.45) is 0 Å². The first-order chi connectivity index (χ1) is 11.8. The largest absolute Gasteiger partial charge is 0.322 e. The number of rotatable bonds is 6. The molecule has 134 valence electrons. The molecule has 1 amide bonds. The zero-order valence-electron chi connectivity index (χ0n) is 13.8. The Hall–Kier alpha value is -1.96. The second-order valence-corrected chi connectivity index (χ2v) is 7.54. The van der Waals surface area contributed by atoms with E-state index in [0.29, 0.717) is 10.7 Å². The fourth-order valence-electron chi connectivity index (χ4n) is 2.31. The summed E-state index contributed by atoms with van der Waals surface area (Å²) in [5.41, 5.74) is 0.488. The number of hydrogen-bond acceptors (Lipinski definition) is 3. The van der Waals surface area contributed by atoms with Crippen molar-refractivity contribution in [1.82, 2.24) is 4.31 Å². The summed E-state index contributed by atoms with van der Waals surface area (Å²) in [4.78, 5) is 11.8. The molecule has 0 bridgehead atoms. The second-order valence-electron chi connectivity index (χ2n) is 5.20. The molecule has 0 heterocycles. The van der Waals surface area contributed by atoms with Crippen LogP contribution in [0.4, 0.5) is 10.1 Å². The van der Waals surface area contributed by atoms with E-state index < -0.39 is 26.6 Å². The molecule has 0 unspecified atom stereocenters. The number of carbonyl (C=O) groups is 1. The van der Waals surface area contributed by atoms with Crippen LogP contribution in [0.5, 0.6) is 0 Å². The highest BCUT2D eigenvalue weighted by atomic mass is 35.5. The topological polar surface area (TPSA) is 66.5 Å². The molecule has 2 aromatic carbocycles. The number of amides is 1. The van der Waals surface area contributed by atoms with E-state index in [9.17, 15) is 17.6 Å². The third kappa shape index (κ3) is 4.36. The molecule has 0 saturated carbocycles. The van der Waals surface area contributed by atoms with E-state index in [2.05, 4.69) is 5.32 Å². The number of halogens is 2. The summed E-state index contributed by atoms with van der Waals surface area (Å²) in [6, 6.07) is 9.77. The van der Waals surface area contributed by atoms with Gasteiger partial charge < -0.3 is 5.32 Å². The van der Waals surface area contributed by atoms with Crippen LogP contribution in [0.15, 0.2) is 47.4 Å². The minimum Gasteiger partial charge on any atom is -0.322 e. The van der Waals surface area contributed by atoms with Gasteiger partial charge in [-0.05, 0) is 36.4 Å². The molecule has 2 rings (SSSR count). The first kappa shape index (κ1) is 19.4. The van der Waals surface area contributed by atoms with Crippen molar-refractivity contribution < 1.29 is 17.6 Å². The number of nitrogens with one attached hydrogen (secondary N) is 1. The molecule has 0 saturated heterocycles. The molecule has 5 nitrogen and oxygen atoms in total. The monoisotopic (exact) mass is 384 g/mol. The SMILES string of the molecule is CCN(CC)S(=O)(=O)c1cc(C(=O)Nc2cccc(Cl)c2)ccc1F. The Morgan fingerprint density at radius 3 is 2.44 bits per heavy atom. The fourth-order valence-corrected chi connectivity index (χ4v) is 4.05. The molecule has 0 spiro atoms. The molecular formula is C17H18ClFN2O3S. The van der Waals surface area contributed by atoms with Crippen LogP contribution >= 0.6 is 11.6 Å². The molecule has 25 heavy (non-hydrogen) atoms. The van der Waals surface area contributed by atoms with Crippen LogP contribution < -0.4 is 5.32 Å². The van der Waals surface area contributed by atoms with E-state index in [4.69, 9.17) is 11.6 Å². The fraction of sp³-hybridized carbons (Fsp3) is 0.235. The van der Waals surface area contributed by atoms with Gasteiger partial charge in [-0.1, -0.05) is 31.5 Å². The third-order valence-electron chi connectivity index (χ3n) is 3.60. The highest BCUT2D eigenvalue weighted by Crippen LogP contribution is 2.22. The minimum atomic E-state index is -4.01. The highest BCUT2D eigenvalue weighted by Gasteiger charge is 2.26. The standard InChI is InChI=1S/C17H18ClFN2O3S/c1-3-21(4-2)25(23,24)16-10-12(8-9-15(16)19)17(22)20-14-7-5-6-13(18)11-14/h5-11H,3-4H2,1-2H3,(H,20,22). The lowest BCUT2D eigenvalue weighted by atomic mass is 10.2. The molecule has 0 radical (unpaired) electrons. The Kier molecular flexibility index (Phi) is 6.16. The van der Waals surface area contributed by atoms with E-state index in [0.717, 1.165) is 16.4 Å². The predicted octanol–water partition coefficient (Wildman–Crippen LogP) is 3.76. The van der Waals surface area contributed by atoms with E-state index >= 15 is 0 Å². The van der Waals surface area contributed by atoms with Crippen molar-refractivity contribution in [3.05, 3.63) is 58.9 Å². The van der Waals surface area contributed by atoms with Crippen LogP contribution in [0.1, 0.15) is 24.2 Å². The zero-order valence-corrected chi connectivity index (χ0v) is 15.4. The van der Waals surface area contributed by atoms with Crippen molar-refractivity contribution >= 4 is 33.2 Å². The summed E-state index contributed by atoms with van der Waals surface area (Å²) >= 11 is 5.86. The van der Waals surface area contributed by atoms with Gasteiger partial charge in [0.15, 0.2) is 0 Å². The van der Waals surface area contributed by atoms with Gasteiger partial charge in [-0.3, -0.25) is 4.79 Å². The Morgan fingerprint density at radius 2 is 1.84 bits per heavy atom. The molecule has 8 heteroatoms. The Bertz CT molecular complexity index is 883. The molecule has 0 aliphatic carbocycles. The molecule has 1 N–H and O–H groups in total. The molecule has 0 aromatic heterocycles. The molecule has 2 aromatic rings. The van der Waals surface area contributed by atoms with Crippen LogP contribution in [0.3, 0.4) is 0 Å². The van der Waals surface area contributed by atoms with E-state index in [1.165, 1.54) is 6.07 Å². The third-order valence-corrected chi connectivity index (χ3v) is 5.90. The quantitative estimate of drug-likeness (QED) is 0.824. The van der Waals surface area contributed by atoms with E-state index in [-0.39, 0.29) is 18.7 Å². The summed E-state index contributed by atoms with van der Waals surface area (Å²) < 4.78 is 40.3. The molecule has 0 aliphatic heterocycles. The van der Waals surface area contributed by atoms with Crippen molar-refractivity contribution in [1.29, 1.82) is 0 Å². The normalized spacial score (nSPS) is 11.6. The number of carbonyl (C=O) groups excluding carboxylic acids is 1. The Balaban J connectivity index is 2.37. The Morgan fingerprint density at radius 1 is 1.16 bits per heavy atom. The summed E-state index contributed by atoms with van der Waals surface area (Å²) in [7, 11) is -4.01. The van der Waals surface area contributed by atoms with Gasteiger partial charge in [0.2, 0.25) is 10.0 Å². The van der Waals surface area contributed by atoms with Crippen LogP contribution in [0.25, 0.3) is 0 Å². The molecule has 0 aliphatic rings. The van der Waals surface area contributed by atoms with Crippen LogP contribution in [0, 0.1) is 5.82 Å². The van der Waals surface area contributed by atoms with Gasteiger partial charge in [-0.2, -0.15) is 4.31 Å². The average Bonchev–Trinajstić information content (AvgIpc) is 2.55. The van der Waals surface area contributed by atoms with E-state index in [1.807, 2.05) is 0 Å². The molecule has 0 fully saturated rings. The smallest absolute Gasteiger partial charge is 0.255 e. The second kappa shape index (κ2) is 7.95. The maximum Gasteiger partial charge on any atom is 0.255 e. The van der Waals surface area contributed by atoms with Crippen LogP contribution in [-0.2, 0) is 10.0 Å². The number of sulfonamides is 1. The zero-order chi connectivity index (χ0) is 18.6. The van der Waals surface area contributed by atoms with Gasteiger partial charge in [-0.25, -0.2) is 12.8 Å². The van der Waals surface area contributed by atoms with Gasteiger partial charge in [0.25, 0.3) is 5.91 Å². The van der Waals surface area contributed by atoms with Gasteiger partial charge in [0, 0.05) is 29.4 Å². The lowest BCUT2D eigenvalue weighted by Crippen LogP contribution is -2.31. The van der Waals surface area contributed by atoms with Gasteiger partial charge in [-0.15, -0.1) is 0 Å². The van der Waals surface area contributed by atoms with Crippen molar-refractivity contribution in [3.63, 3.8) is 0 Å². The lowest BCUT2D eigenvalue weighted by molar-refractivity contribution is 0.102. The summed E-state index contributed by atoms with van der Waals surface area (Å²) in [6.45, 7) is 3.73. The van der Waals surface area contributed by atoms with Gasteiger partial charge in [0.05, 0.1) is 0 Å². The number of hydrogen-bond donors (Lipinski definition) is 1. The maximum absolute atomic E-state index is 14.1. The van der Waals surface area contributed by atoms with Crippen LogP contribution in [0.2, 0.25) is 5.02 Å². The van der Waals surface area contributed by atoms with Crippen molar-refractivity contribution in [3.8, 4) is 0 Å². The number of anilines is 1. The van der Waals surface area contributed by atoms with Crippen molar-refractivity contribution in [2.75, 3.05) is 18.4 Å². The van der Waals surface area contributed by atoms with E-state index in [1.54, 1.807) is 38.1 Å². The Labute approximate surface area is 151 Å².